The zero-order valence-corrected chi connectivity index (χ0v) is 18.0. The maximum absolute atomic E-state index is 4.56. The number of guanidine groups is 1. The molecule has 6 nitrogen and oxygen atoms in total. The van der Waals surface area contributed by atoms with E-state index in [0.29, 0.717) is 6.04 Å². The number of nitrogens with one attached hydrogen (secondary N) is 2. The lowest BCUT2D eigenvalue weighted by atomic mass is 10.1. The summed E-state index contributed by atoms with van der Waals surface area (Å²) in [5, 5.41) is 7.05. The molecule has 0 radical (unpaired) electrons. The van der Waals surface area contributed by atoms with Gasteiger partial charge in [-0.25, -0.2) is 4.98 Å². The van der Waals surface area contributed by atoms with Gasteiger partial charge in [0.05, 0.1) is 0 Å². The van der Waals surface area contributed by atoms with E-state index in [9.17, 15) is 0 Å². The number of benzene rings is 1. The lowest BCUT2D eigenvalue weighted by Gasteiger charge is -2.33. The van der Waals surface area contributed by atoms with Crippen molar-refractivity contribution in [3.8, 4) is 0 Å². The molecule has 0 unspecified atom stereocenters. The maximum Gasteiger partial charge on any atom is 0.191 e. The number of hydrogen-bond donors (Lipinski definition) is 2. The molecule has 2 aromatic rings. The Kier molecular flexibility index (Phi) is 6.52. The Morgan fingerprint density at radius 1 is 1.03 bits per heavy atom. The summed E-state index contributed by atoms with van der Waals surface area (Å²) in [6, 6.07) is 13.5. The van der Waals surface area contributed by atoms with Crippen LogP contribution >= 0.6 is 0 Å². The van der Waals surface area contributed by atoms with Crippen LogP contribution in [0.25, 0.3) is 0 Å². The maximum atomic E-state index is 4.56. The summed E-state index contributed by atoms with van der Waals surface area (Å²) < 4.78 is 0. The molecule has 1 fully saturated rings. The number of hydrogen-bond acceptors (Lipinski definition) is 4. The third-order valence-corrected chi connectivity index (χ3v) is 5.86. The SMILES string of the molecule is CN=C(NCc1ccc(N2CC=CC2)cc1)NC1CCN(c2ccc(C)cn2)CC1. The Morgan fingerprint density at radius 2 is 1.77 bits per heavy atom. The van der Waals surface area contributed by atoms with Crippen LogP contribution in [0.3, 0.4) is 0 Å². The average Bonchev–Trinajstić information content (AvgIpc) is 3.33. The first-order valence-electron chi connectivity index (χ1n) is 10.8. The van der Waals surface area contributed by atoms with Crippen molar-refractivity contribution in [2.45, 2.75) is 32.4 Å². The van der Waals surface area contributed by atoms with E-state index >= 15 is 0 Å². The molecule has 6 heteroatoms. The van der Waals surface area contributed by atoms with Gasteiger partial charge in [0.2, 0.25) is 0 Å². The molecule has 1 aromatic carbocycles. The molecular weight excluding hydrogens is 372 g/mol. The molecule has 2 aliphatic heterocycles. The van der Waals surface area contributed by atoms with Crippen LogP contribution in [0, 0.1) is 6.92 Å². The lowest BCUT2D eigenvalue weighted by molar-refractivity contribution is 0.459. The second-order valence-electron chi connectivity index (χ2n) is 8.07. The van der Waals surface area contributed by atoms with Crippen molar-refractivity contribution < 1.29 is 0 Å². The van der Waals surface area contributed by atoms with Gasteiger partial charge in [-0.3, -0.25) is 4.99 Å². The summed E-state index contributed by atoms with van der Waals surface area (Å²) in [4.78, 5) is 13.7. The number of aromatic nitrogens is 1. The number of aliphatic imine (C=N–C) groups is 1. The van der Waals surface area contributed by atoms with Crippen molar-refractivity contribution >= 4 is 17.5 Å². The van der Waals surface area contributed by atoms with E-state index in [4.69, 9.17) is 0 Å². The van der Waals surface area contributed by atoms with Gasteiger partial charge in [-0.1, -0.05) is 30.4 Å². The van der Waals surface area contributed by atoms with Gasteiger partial charge in [0.15, 0.2) is 5.96 Å². The minimum Gasteiger partial charge on any atom is -0.364 e. The highest BCUT2D eigenvalue weighted by Gasteiger charge is 2.20. The number of rotatable bonds is 5. The van der Waals surface area contributed by atoms with Crippen LogP contribution in [0.2, 0.25) is 0 Å². The minimum absolute atomic E-state index is 0.433. The van der Waals surface area contributed by atoms with Gasteiger partial charge >= 0.3 is 0 Å². The number of nitrogens with zero attached hydrogens (tertiary/aromatic N) is 4. The van der Waals surface area contributed by atoms with E-state index in [1.807, 2.05) is 13.2 Å². The fourth-order valence-electron chi connectivity index (χ4n) is 3.99. The Morgan fingerprint density at radius 3 is 2.40 bits per heavy atom. The summed E-state index contributed by atoms with van der Waals surface area (Å²) in [7, 11) is 1.84. The van der Waals surface area contributed by atoms with Crippen molar-refractivity contribution in [2.75, 3.05) is 43.0 Å². The van der Waals surface area contributed by atoms with Gasteiger partial charge in [0.1, 0.15) is 5.82 Å². The Hall–Kier alpha value is -3.02. The van der Waals surface area contributed by atoms with Crippen molar-refractivity contribution in [1.82, 2.24) is 15.6 Å². The van der Waals surface area contributed by atoms with Crippen LogP contribution in [-0.4, -0.2) is 50.2 Å². The highest BCUT2D eigenvalue weighted by Crippen LogP contribution is 2.19. The standard InChI is InChI=1S/C24H32N6/c1-19-5-10-23(26-17-19)30-15-11-21(12-16-30)28-24(25-2)27-18-20-6-8-22(9-7-20)29-13-3-4-14-29/h3-10,17,21H,11-16,18H2,1-2H3,(H2,25,27,28). The van der Waals surface area contributed by atoms with Gasteiger partial charge in [-0.15, -0.1) is 0 Å². The molecule has 0 atom stereocenters. The molecule has 0 amide bonds. The van der Waals surface area contributed by atoms with Gasteiger partial charge in [-0.2, -0.15) is 0 Å². The van der Waals surface area contributed by atoms with E-state index < -0.39 is 0 Å². The molecule has 2 aliphatic rings. The second kappa shape index (κ2) is 9.65. The molecule has 0 aliphatic carbocycles. The van der Waals surface area contributed by atoms with Crippen molar-refractivity contribution in [2.24, 2.45) is 4.99 Å². The molecule has 158 valence electrons. The molecule has 4 rings (SSSR count). The van der Waals surface area contributed by atoms with Crippen LogP contribution in [-0.2, 0) is 6.54 Å². The van der Waals surface area contributed by atoms with E-state index in [2.05, 4.69) is 85.9 Å². The highest BCUT2D eigenvalue weighted by molar-refractivity contribution is 5.80. The summed E-state index contributed by atoms with van der Waals surface area (Å²) in [5.41, 5.74) is 3.74. The zero-order valence-electron chi connectivity index (χ0n) is 18.0. The first-order chi connectivity index (χ1) is 14.7. The summed E-state index contributed by atoms with van der Waals surface area (Å²) >= 11 is 0. The Balaban J connectivity index is 1.23. The monoisotopic (exact) mass is 404 g/mol. The molecule has 30 heavy (non-hydrogen) atoms. The number of aryl methyl sites for hydroxylation is 1. The summed E-state index contributed by atoms with van der Waals surface area (Å²) in [6.07, 6.45) is 8.53. The summed E-state index contributed by atoms with van der Waals surface area (Å²) in [5.74, 6) is 1.95. The number of pyridine rings is 1. The molecule has 1 aromatic heterocycles. The van der Waals surface area contributed by atoms with Crippen LogP contribution in [0.4, 0.5) is 11.5 Å². The quantitative estimate of drug-likeness (QED) is 0.456. The smallest absolute Gasteiger partial charge is 0.191 e. The second-order valence-corrected chi connectivity index (χ2v) is 8.07. The number of anilines is 2. The fraction of sp³-hybridized carbons (Fsp3) is 0.417. The van der Waals surface area contributed by atoms with Gasteiger partial charge in [0.25, 0.3) is 0 Å². The van der Waals surface area contributed by atoms with Gasteiger partial charge < -0.3 is 20.4 Å². The minimum atomic E-state index is 0.433. The predicted molar refractivity (Wildman–Crippen MR) is 125 cm³/mol. The van der Waals surface area contributed by atoms with Crippen LogP contribution < -0.4 is 20.4 Å². The van der Waals surface area contributed by atoms with E-state index in [1.165, 1.54) is 16.8 Å². The van der Waals surface area contributed by atoms with Crippen molar-refractivity contribution in [3.63, 3.8) is 0 Å². The van der Waals surface area contributed by atoms with E-state index in [1.54, 1.807) is 0 Å². The topological polar surface area (TPSA) is 55.8 Å². The first kappa shape index (κ1) is 20.3. The van der Waals surface area contributed by atoms with Crippen LogP contribution in [0.1, 0.15) is 24.0 Å². The number of piperidine rings is 1. The third kappa shape index (κ3) is 5.12. The normalized spacial score (nSPS) is 17.5. The van der Waals surface area contributed by atoms with Gasteiger partial charge in [0, 0.05) is 57.7 Å². The largest absolute Gasteiger partial charge is 0.364 e. The fourth-order valence-corrected chi connectivity index (χ4v) is 3.99. The third-order valence-electron chi connectivity index (χ3n) is 5.86. The zero-order chi connectivity index (χ0) is 20.8. The predicted octanol–water partition coefficient (Wildman–Crippen LogP) is 3.10. The molecular formula is C24H32N6. The molecule has 0 saturated carbocycles. The lowest BCUT2D eigenvalue weighted by Crippen LogP contribution is -2.48. The van der Waals surface area contributed by atoms with Crippen molar-refractivity contribution in [1.29, 1.82) is 0 Å². The van der Waals surface area contributed by atoms with E-state index in [0.717, 1.165) is 57.3 Å². The van der Waals surface area contributed by atoms with E-state index in [-0.39, 0.29) is 0 Å². The Bertz CT molecular complexity index is 856. The van der Waals surface area contributed by atoms with Crippen LogP contribution in [0.15, 0.2) is 59.7 Å². The average molecular weight is 405 g/mol. The van der Waals surface area contributed by atoms with Crippen molar-refractivity contribution in [3.05, 3.63) is 65.9 Å². The summed E-state index contributed by atoms with van der Waals surface area (Å²) in [6.45, 7) is 6.88. The molecule has 3 heterocycles. The molecule has 2 N–H and O–H groups in total. The highest BCUT2D eigenvalue weighted by atomic mass is 15.2. The molecule has 0 bridgehead atoms. The van der Waals surface area contributed by atoms with Crippen LogP contribution in [0.5, 0.6) is 0 Å². The Labute approximate surface area is 179 Å². The molecule has 1 saturated heterocycles. The first-order valence-corrected chi connectivity index (χ1v) is 10.8. The van der Waals surface area contributed by atoms with Gasteiger partial charge in [-0.05, 0) is 49.1 Å². The molecule has 0 spiro atoms.